The van der Waals surface area contributed by atoms with E-state index in [1.165, 1.54) is 51.4 Å². The van der Waals surface area contributed by atoms with Crippen LogP contribution < -0.4 is 0 Å². The van der Waals surface area contributed by atoms with Crippen LogP contribution in [0.15, 0.2) is 24.3 Å². The van der Waals surface area contributed by atoms with Crippen LogP contribution >= 0.6 is 0 Å². The molecule has 4 heteroatoms. The van der Waals surface area contributed by atoms with Crippen molar-refractivity contribution in [3.63, 3.8) is 0 Å². The van der Waals surface area contributed by atoms with Gasteiger partial charge in [0.1, 0.15) is 0 Å². The molecule has 0 aromatic heterocycles. The van der Waals surface area contributed by atoms with Gasteiger partial charge in [-0.05, 0) is 32.1 Å². The van der Waals surface area contributed by atoms with Crippen LogP contribution in [0, 0.1) is 0 Å². The van der Waals surface area contributed by atoms with Gasteiger partial charge in [0.2, 0.25) is 0 Å². The molecule has 0 spiro atoms. The summed E-state index contributed by atoms with van der Waals surface area (Å²) in [5, 5.41) is 0. The molecule has 0 heterocycles. The van der Waals surface area contributed by atoms with Crippen molar-refractivity contribution in [2.75, 3.05) is 5.75 Å². The monoisotopic (exact) mass is 344 g/mol. The molecule has 0 fully saturated rings. The molecule has 0 rings (SSSR count). The molecule has 3 nitrogen and oxygen atoms in total. The maximum absolute atomic E-state index is 10.5. The van der Waals surface area contributed by atoms with E-state index in [4.69, 9.17) is 4.55 Å². The lowest BCUT2D eigenvalue weighted by Gasteiger charge is -2.00. The smallest absolute Gasteiger partial charge is 0.264 e. The average Bonchev–Trinajstić information content (AvgIpc) is 2.49. The molecule has 23 heavy (non-hydrogen) atoms. The van der Waals surface area contributed by atoms with Gasteiger partial charge in [-0.25, -0.2) is 0 Å². The van der Waals surface area contributed by atoms with Crippen molar-refractivity contribution in [3.05, 3.63) is 24.3 Å². The van der Waals surface area contributed by atoms with Crippen LogP contribution in [0.2, 0.25) is 0 Å². The summed E-state index contributed by atoms with van der Waals surface area (Å²) < 4.78 is 29.7. The van der Waals surface area contributed by atoms with E-state index in [2.05, 4.69) is 31.2 Å². The zero-order chi connectivity index (χ0) is 17.2. The molecule has 0 saturated carbocycles. The largest absolute Gasteiger partial charge is 0.286 e. The SMILES string of the molecule is CCCCCC/C=C/C=C\CCCCCCCCCS(=O)(=O)O. The number of rotatable bonds is 16. The maximum atomic E-state index is 10.5. The second kappa shape index (κ2) is 16.3. The summed E-state index contributed by atoms with van der Waals surface area (Å²) in [5.41, 5.74) is 0. The third kappa shape index (κ3) is 21.4. The van der Waals surface area contributed by atoms with Gasteiger partial charge in [-0.15, -0.1) is 0 Å². The minimum Gasteiger partial charge on any atom is -0.286 e. The molecular weight excluding hydrogens is 308 g/mol. The molecule has 0 bridgehead atoms. The van der Waals surface area contributed by atoms with Crippen LogP contribution in [0.25, 0.3) is 0 Å². The number of unbranched alkanes of at least 4 members (excludes halogenated alkanes) is 11. The van der Waals surface area contributed by atoms with Crippen LogP contribution in [0.4, 0.5) is 0 Å². The van der Waals surface area contributed by atoms with Gasteiger partial charge in [0.25, 0.3) is 10.1 Å². The Hall–Kier alpha value is -0.610. The van der Waals surface area contributed by atoms with Crippen molar-refractivity contribution in [2.24, 2.45) is 0 Å². The normalized spacial score (nSPS) is 12.6. The van der Waals surface area contributed by atoms with Crippen LogP contribution in [0.5, 0.6) is 0 Å². The van der Waals surface area contributed by atoms with Gasteiger partial charge in [-0.1, -0.05) is 82.6 Å². The van der Waals surface area contributed by atoms with Gasteiger partial charge in [-0.3, -0.25) is 4.55 Å². The first-order valence-electron chi connectivity index (χ1n) is 9.33. The van der Waals surface area contributed by atoms with Crippen molar-refractivity contribution in [1.82, 2.24) is 0 Å². The molecule has 0 saturated heterocycles. The van der Waals surface area contributed by atoms with Gasteiger partial charge in [0.05, 0.1) is 5.75 Å². The molecule has 0 aliphatic rings. The average molecular weight is 345 g/mol. The highest BCUT2D eigenvalue weighted by Gasteiger charge is 2.02. The highest BCUT2D eigenvalue weighted by atomic mass is 32.2. The first kappa shape index (κ1) is 22.4. The van der Waals surface area contributed by atoms with E-state index >= 15 is 0 Å². The van der Waals surface area contributed by atoms with Gasteiger partial charge in [0, 0.05) is 0 Å². The molecule has 0 radical (unpaired) electrons. The topological polar surface area (TPSA) is 54.4 Å². The van der Waals surface area contributed by atoms with E-state index in [9.17, 15) is 8.42 Å². The molecule has 0 aromatic carbocycles. The summed E-state index contributed by atoms with van der Waals surface area (Å²) in [6.07, 6.45) is 23.9. The van der Waals surface area contributed by atoms with Crippen molar-refractivity contribution < 1.29 is 13.0 Å². The summed E-state index contributed by atoms with van der Waals surface area (Å²) in [5.74, 6) is -0.0933. The van der Waals surface area contributed by atoms with Crippen LogP contribution in [0.1, 0.15) is 90.4 Å². The Morgan fingerprint density at radius 3 is 1.61 bits per heavy atom. The molecular formula is C19H36O3S. The van der Waals surface area contributed by atoms with E-state index < -0.39 is 10.1 Å². The molecule has 0 unspecified atom stereocenters. The summed E-state index contributed by atoms with van der Waals surface area (Å²) >= 11 is 0. The lowest BCUT2D eigenvalue weighted by molar-refractivity contribution is 0.478. The number of allylic oxidation sites excluding steroid dienone is 4. The van der Waals surface area contributed by atoms with Crippen molar-refractivity contribution in [1.29, 1.82) is 0 Å². The fraction of sp³-hybridized carbons (Fsp3) is 0.789. The van der Waals surface area contributed by atoms with Crippen LogP contribution in [-0.2, 0) is 10.1 Å². The van der Waals surface area contributed by atoms with E-state index in [0.29, 0.717) is 6.42 Å². The Kier molecular flexibility index (Phi) is 15.8. The molecule has 0 aromatic rings. The molecule has 0 atom stereocenters. The highest BCUT2D eigenvalue weighted by Crippen LogP contribution is 2.09. The Bertz CT molecular complexity index is 397. The standard InChI is InChI=1S/C19H36O3S/c1-2-3-4-5-6-7-8-9-10-11-12-13-14-15-16-17-18-19-23(20,21)22/h7-10H,2-6,11-19H2,1H3,(H,20,21,22)/b8-7+,10-9-. The predicted molar refractivity (Wildman–Crippen MR) is 100 cm³/mol. The Morgan fingerprint density at radius 1 is 0.696 bits per heavy atom. The van der Waals surface area contributed by atoms with Crippen molar-refractivity contribution >= 4 is 10.1 Å². The van der Waals surface area contributed by atoms with Crippen LogP contribution in [-0.4, -0.2) is 18.7 Å². The zero-order valence-electron chi connectivity index (χ0n) is 14.9. The second-order valence-corrected chi connectivity index (χ2v) is 7.83. The molecule has 1 N–H and O–H groups in total. The molecule has 0 aliphatic heterocycles. The lowest BCUT2D eigenvalue weighted by Crippen LogP contribution is -2.03. The minimum atomic E-state index is -3.76. The highest BCUT2D eigenvalue weighted by molar-refractivity contribution is 7.85. The fourth-order valence-electron chi connectivity index (χ4n) is 2.47. The quantitative estimate of drug-likeness (QED) is 0.210. The minimum absolute atomic E-state index is 0.0933. The molecule has 0 amide bonds. The maximum Gasteiger partial charge on any atom is 0.264 e. The van der Waals surface area contributed by atoms with Gasteiger partial charge in [-0.2, -0.15) is 8.42 Å². The lowest BCUT2D eigenvalue weighted by atomic mass is 10.1. The third-order valence-electron chi connectivity index (χ3n) is 3.88. The molecule has 136 valence electrons. The number of hydrogen-bond donors (Lipinski definition) is 1. The van der Waals surface area contributed by atoms with Crippen molar-refractivity contribution in [3.8, 4) is 0 Å². The summed E-state index contributed by atoms with van der Waals surface area (Å²) in [6, 6.07) is 0. The molecule has 0 aliphatic carbocycles. The Morgan fingerprint density at radius 2 is 1.13 bits per heavy atom. The summed E-state index contributed by atoms with van der Waals surface area (Å²) in [6.45, 7) is 2.24. The third-order valence-corrected chi connectivity index (χ3v) is 4.69. The van der Waals surface area contributed by atoms with Gasteiger partial charge in [0.15, 0.2) is 0 Å². The van der Waals surface area contributed by atoms with Gasteiger partial charge < -0.3 is 0 Å². The first-order chi connectivity index (χ1) is 11.1. The number of hydrogen-bond acceptors (Lipinski definition) is 2. The van der Waals surface area contributed by atoms with E-state index in [0.717, 1.165) is 25.7 Å². The van der Waals surface area contributed by atoms with E-state index in [1.54, 1.807) is 0 Å². The predicted octanol–water partition coefficient (Wildman–Crippen LogP) is 6.08. The van der Waals surface area contributed by atoms with Crippen molar-refractivity contribution in [2.45, 2.75) is 90.4 Å². The summed E-state index contributed by atoms with van der Waals surface area (Å²) in [7, 11) is -3.76. The fourth-order valence-corrected chi connectivity index (χ4v) is 3.04. The second-order valence-electron chi connectivity index (χ2n) is 6.26. The summed E-state index contributed by atoms with van der Waals surface area (Å²) in [4.78, 5) is 0. The van der Waals surface area contributed by atoms with E-state index in [-0.39, 0.29) is 5.75 Å². The van der Waals surface area contributed by atoms with E-state index in [1.807, 2.05) is 0 Å². The Labute approximate surface area is 144 Å². The van der Waals surface area contributed by atoms with Gasteiger partial charge >= 0.3 is 0 Å². The van der Waals surface area contributed by atoms with Crippen LogP contribution in [0.3, 0.4) is 0 Å². The first-order valence-corrected chi connectivity index (χ1v) is 10.9. The Balaban J connectivity index is 3.23. The zero-order valence-corrected chi connectivity index (χ0v) is 15.7.